The van der Waals surface area contributed by atoms with Gasteiger partial charge in [-0.25, -0.2) is 0 Å². The Balaban J connectivity index is 1.56. The fourth-order valence-electron chi connectivity index (χ4n) is 2.70. The van der Waals surface area contributed by atoms with E-state index in [0.29, 0.717) is 5.92 Å². The maximum atomic E-state index is 5.99. The fraction of sp³-hybridized carbons (Fsp3) is 0.368. The van der Waals surface area contributed by atoms with E-state index in [2.05, 4.69) is 55.5 Å². The molecule has 1 atom stereocenters. The normalized spacial score (nSPS) is 16.7. The summed E-state index contributed by atoms with van der Waals surface area (Å²) >= 11 is 1.94. The molecule has 2 aromatic rings. The molecule has 3 rings (SSSR count). The Hall–Kier alpha value is -1.41. The number of rotatable bonds is 6. The van der Waals surface area contributed by atoms with E-state index in [1.54, 1.807) is 0 Å². The van der Waals surface area contributed by atoms with E-state index in [0.717, 1.165) is 18.1 Å². The zero-order valence-corrected chi connectivity index (χ0v) is 13.4. The first-order chi connectivity index (χ1) is 10.4. The molecule has 0 aromatic heterocycles. The molecule has 1 aliphatic rings. The lowest BCUT2D eigenvalue weighted by molar-refractivity contribution is 0.298. The minimum absolute atomic E-state index is 0.519. The minimum atomic E-state index is 0.519. The highest BCUT2D eigenvalue weighted by molar-refractivity contribution is 7.99. The third kappa shape index (κ3) is 3.62. The van der Waals surface area contributed by atoms with Crippen molar-refractivity contribution in [1.82, 2.24) is 0 Å². The van der Waals surface area contributed by atoms with Gasteiger partial charge in [0.25, 0.3) is 0 Å². The Bertz CT molecular complexity index is 576. The van der Waals surface area contributed by atoms with Gasteiger partial charge in [0.2, 0.25) is 0 Å². The van der Waals surface area contributed by atoms with Gasteiger partial charge in [-0.1, -0.05) is 43.7 Å². The van der Waals surface area contributed by atoms with Crippen molar-refractivity contribution in [3.63, 3.8) is 0 Å². The minimum Gasteiger partial charge on any atom is -0.493 e. The molecule has 1 unspecified atom stereocenters. The van der Waals surface area contributed by atoms with Gasteiger partial charge in [-0.05, 0) is 42.2 Å². The molecular formula is C19H22OS. The summed E-state index contributed by atoms with van der Waals surface area (Å²) in [5.41, 5.74) is 2.85. The summed E-state index contributed by atoms with van der Waals surface area (Å²) in [4.78, 5) is 1.42. The van der Waals surface area contributed by atoms with Crippen LogP contribution in [0.2, 0.25) is 0 Å². The predicted molar refractivity (Wildman–Crippen MR) is 90.5 cm³/mol. The van der Waals surface area contributed by atoms with Crippen LogP contribution in [0.4, 0.5) is 0 Å². The average Bonchev–Trinajstić information content (AvgIpc) is 2.95. The van der Waals surface area contributed by atoms with Crippen LogP contribution in [0.25, 0.3) is 0 Å². The van der Waals surface area contributed by atoms with Crippen LogP contribution in [0, 0.1) is 0 Å². The van der Waals surface area contributed by atoms with E-state index >= 15 is 0 Å². The Morgan fingerprint density at radius 3 is 2.71 bits per heavy atom. The number of fused-ring (bicyclic) bond motifs is 1. The number of hydrogen-bond acceptors (Lipinski definition) is 2. The molecule has 0 N–H and O–H groups in total. The molecule has 0 saturated carbocycles. The van der Waals surface area contributed by atoms with Crippen molar-refractivity contribution in [3.8, 4) is 5.75 Å². The Labute approximate surface area is 131 Å². The summed E-state index contributed by atoms with van der Waals surface area (Å²) in [7, 11) is 0. The molecule has 0 saturated heterocycles. The van der Waals surface area contributed by atoms with Gasteiger partial charge < -0.3 is 4.74 Å². The highest BCUT2D eigenvalue weighted by Gasteiger charge is 2.23. The molecule has 1 aliphatic heterocycles. The van der Waals surface area contributed by atoms with Gasteiger partial charge in [-0.2, -0.15) is 0 Å². The van der Waals surface area contributed by atoms with Crippen LogP contribution in [0.3, 0.4) is 0 Å². The average molecular weight is 298 g/mol. The molecule has 0 spiro atoms. The number of unbranched alkanes of at least 4 members (excludes halogenated alkanes) is 1. The number of benzene rings is 2. The van der Waals surface area contributed by atoms with E-state index in [-0.39, 0.29) is 0 Å². The first-order valence-electron chi connectivity index (χ1n) is 7.80. The molecule has 1 nitrogen and oxygen atoms in total. The molecule has 2 heteroatoms. The third-order valence-electron chi connectivity index (χ3n) is 3.99. The molecule has 0 radical (unpaired) electrons. The fourth-order valence-corrected chi connectivity index (χ4v) is 3.93. The molecule has 0 amide bonds. The lowest BCUT2D eigenvalue weighted by Crippen LogP contribution is -2.09. The predicted octanol–water partition coefficient (Wildman–Crippen LogP) is 5.30. The van der Waals surface area contributed by atoms with Crippen molar-refractivity contribution >= 4 is 11.8 Å². The molecule has 21 heavy (non-hydrogen) atoms. The van der Waals surface area contributed by atoms with Crippen LogP contribution < -0.4 is 4.74 Å². The van der Waals surface area contributed by atoms with Crippen molar-refractivity contribution < 1.29 is 4.74 Å². The monoisotopic (exact) mass is 298 g/mol. The van der Waals surface area contributed by atoms with Gasteiger partial charge in [-0.15, -0.1) is 11.8 Å². The first-order valence-corrected chi connectivity index (χ1v) is 8.79. The Morgan fingerprint density at radius 2 is 1.90 bits per heavy atom. The first kappa shape index (κ1) is 14.5. The zero-order valence-electron chi connectivity index (χ0n) is 12.5. The largest absolute Gasteiger partial charge is 0.493 e. The number of thioether (sulfide) groups is 1. The van der Waals surface area contributed by atoms with Gasteiger partial charge in [0.05, 0.1) is 6.61 Å². The van der Waals surface area contributed by atoms with Gasteiger partial charge in [0.15, 0.2) is 0 Å². The van der Waals surface area contributed by atoms with Gasteiger partial charge in [0, 0.05) is 16.6 Å². The van der Waals surface area contributed by atoms with Crippen LogP contribution in [0.5, 0.6) is 5.75 Å². The lowest BCUT2D eigenvalue weighted by Gasteiger charge is -2.13. The number of ether oxygens (including phenoxy) is 1. The van der Waals surface area contributed by atoms with Crippen molar-refractivity contribution in [2.24, 2.45) is 0 Å². The summed E-state index contributed by atoms with van der Waals surface area (Å²) in [5, 5.41) is 0. The van der Waals surface area contributed by atoms with E-state index in [9.17, 15) is 0 Å². The van der Waals surface area contributed by atoms with Gasteiger partial charge in [0.1, 0.15) is 5.75 Å². The third-order valence-corrected chi connectivity index (χ3v) is 5.24. The van der Waals surface area contributed by atoms with Crippen LogP contribution >= 0.6 is 11.8 Å². The summed E-state index contributed by atoms with van der Waals surface area (Å²) in [6.07, 6.45) is 3.68. The van der Waals surface area contributed by atoms with Gasteiger partial charge >= 0.3 is 0 Å². The van der Waals surface area contributed by atoms with E-state index in [1.165, 1.54) is 35.3 Å². The molecule has 1 heterocycles. The molecule has 0 bridgehead atoms. The van der Waals surface area contributed by atoms with E-state index in [4.69, 9.17) is 4.74 Å². The second kappa shape index (κ2) is 7.04. The second-order valence-electron chi connectivity index (χ2n) is 5.60. The quantitative estimate of drug-likeness (QED) is 0.716. The lowest BCUT2D eigenvalue weighted by atomic mass is 10.0. The summed E-state index contributed by atoms with van der Waals surface area (Å²) in [5.74, 6) is 2.64. The SMILES string of the molecule is CCCCc1ccc(OCC2CSc3ccccc32)cc1. The molecule has 110 valence electrons. The van der Waals surface area contributed by atoms with Crippen molar-refractivity contribution in [2.45, 2.75) is 37.0 Å². The van der Waals surface area contributed by atoms with E-state index in [1.807, 2.05) is 11.8 Å². The highest BCUT2D eigenvalue weighted by Crippen LogP contribution is 2.39. The molecule has 0 aliphatic carbocycles. The second-order valence-corrected chi connectivity index (χ2v) is 6.67. The maximum Gasteiger partial charge on any atom is 0.119 e. The maximum absolute atomic E-state index is 5.99. The van der Waals surface area contributed by atoms with Crippen molar-refractivity contribution in [2.75, 3.05) is 12.4 Å². The topological polar surface area (TPSA) is 9.23 Å². The van der Waals surface area contributed by atoms with E-state index < -0.39 is 0 Å². The zero-order chi connectivity index (χ0) is 14.5. The Morgan fingerprint density at radius 1 is 1.10 bits per heavy atom. The van der Waals surface area contributed by atoms with Crippen LogP contribution in [0.15, 0.2) is 53.4 Å². The number of hydrogen-bond donors (Lipinski definition) is 0. The molecule has 0 fully saturated rings. The smallest absolute Gasteiger partial charge is 0.119 e. The summed E-state index contributed by atoms with van der Waals surface area (Å²) in [6.45, 7) is 3.01. The number of aryl methyl sites for hydroxylation is 1. The van der Waals surface area contributed by atoms with Crippen LogP contribution in [0.1, 0.15) is 36.8 Å². The highest BCUT2D eigenvalue weighted by atomic mass is 32.2. The van der Waals surface area contributed by atoms with Crippen molar-refractivity contribution in [1.29, 1.82) is 0 Å². The van der Waals surface area contributed by atoms with Crippen LogP contribution in [-0.2, 0) is 6.42 Å². The van der Waals surface area contributed by atoms with Crippen molar-refractivity contribution in [3.05, 3.63) is 59.7 Å². The molecule has 2 aromatic carbocycles. The van der Waals surface area contributed by atoms with Gasteiger partial charge in [-0.3, -0.25) is 0 Å². The summed E-state index contributed by atoms with van der Waals surface area (Å²) in [6, 6.07) is 17.3. The van der Waals surface area contributed by atoms with Crippen LogP contribution in [-0.4, -0.2) is 12.4 Å². The summed E-state index contributed by atoms with van der Waals surface area (Å²) < 4.78 is 5.99. The Kier molecular flexibility index (Phi) is 4.87. The standard InChI is InChI=1S/C19H22OS/c1-2-3-6-15-9-11-17(12-10-15)20-13-16-14-21-19-8-5-4-7-18(16)19/h4-5,7-12,16H,2-3,6,13-14H2,1H3. The molecular weight excluding hydrogens is 276 g/mol.